The predicted molar refractivity (Wildman–Crippen MR) is 343 cm³/mol. The van der Waals surface area contributed by atoms with Crippen molar-refractivity contribution in [2.24, 2.45) is 0 Å². The zero-order valence-electron chi connectivity index (χ0n) is 53.4. The van der Waals surface area contributed by atoms with Crippen molar-refractivity contribution in [3.63, 3.8) is 0 Å². The van der Waals surface area contributed by atoms with E-state index in [1.807, 2.05) is 0 Å². The van der Waals surface area contributed by atoms with Crippen LogP contribution < -0.4 is 5.32 Å². The van der Waals surface area contributed by atoms with Crippen LogP contribution >= 0.6 is 0 Å². The van der Waals surface area contributed by atoms with E-state index in [1.165, 1.54) is 353 Å². The van der Waals surface area contributed by atoms with Gasteiger partial charge in [0.25, 0.3) is 0 Å². The van der Waals surface area contributed by atoms with Crippen LogP contribution in [-0.2, 0) is 14.3 Å². The first kappa shape index (κ1) is 76.9. The Labute approximate surface area is 489 Å². The number of ether oxygens (including phenoxy) is 1. The minimum atomic E-state index is -0.662. The van der Waals surface area contributed by atoms with Crippen LogP contribution in [0.2, 0.25) is 0 Å². The molecule has 6 nitrogen and oxygen atoms in total. The first-order valence-corrected chi connectivity index (χ1v) is 36.3. The van der Waals surface area contributed by atoms with Crippen molar-refractivity contribution >= 4 is 11.9 Å². The number of esters is 1. The van der Waals surface area contributed by atoms with Crippen LogP contribution in [0, 0.1) is 0 Å². The van der Waals surface area contributed by atoms with Crippen molar-refractivity contribution in [3.05, 3.63) is 0 Å². The highest BCUT2D eigenvalue weighted by Gasteiger charge is 2.20. The molecule has 3 N–H and O–H groups in total. The molecule has 0 radical (unpaired) electrons. The Balaban J connectivity index is 3.34. The van der Waals surface area contributed by atoms with E-state index in [0.717, 1.165) is 38.5 Å². The fraction of sp³-hybridized carbons (Fsp3) is 0.972. The second-order valence-corrected chi connectivity index (χ2v) is 25.3. The molecule has 466 valence electrons. The summed E-state index contributed by atoms with van der Waals surface area (Å²) in [5, 5.41) is 23.4. The molecule has 0 saturated heterocycles. The Morgan fingerprint density at radius 1 is 0.308 bits per heavy atom. The molecule has 1 amide bonds. The highest BCUT2D eigenvalue weighted by Crippen LogP contribution is 2.20. The summed E-state index contributed by atoms with van der Waals surface area (Å²) in [4.78, 5) is 24.6. The van der Waals surface area contributed by atoms with Gasteiger partial charge in [0.2, 0.25) is 5.91 Å². The van der Waals surface area contributed by atoms with Crippen molar-refractivity contribution < 1.29 is 24.5 Å². The van der Waals surface area contributed by atoms with E-state index in [1.54, 1.807) is 0 Å². The van der Waals surface area contributed by atoms with E-state index in [-0.39, 0.29) is 18.5 Å². The van der Waals surface area contributed by atoms with Crippen LogP contribution in [0.1, 0.15) is 425 Å². The maximum atomic E-state index is 12.6. The number of nitrogens with one attached hydrogen (secondary N) is 1. The molecule has 6 heteroatoms. The summed E-state index contributed by atoms with van der Waals surface area (Å²) in [6, 6.07) is -0.539. The quantitative estimate of drug-likeness (QED) is 0.0417. The Bertz CT molecular complexity index is 1130. The minimum absolute atomic E-state index is 0.0198. The van der Waals surface area contributed by atoms with Crippen LogP contribution in [0.5, 0.6) is 0 Å². The molecule has 0 saturated carbocycles. The topological polar surface area (TPSA) is 95.9 Å². The first-order chi connectivity index (χ1) is 38.5. The Morgan fingerprint density at radius 3 is 0.782 bits per heavy atom. The molecular formula is C72H143NO5. The fourth-order valence-electron chi connectivity index (χ4n) is 11.9. The Hall–Kier alpha value is -1.14. The molecule has 0 rings (SSSR count). The van der Waals surface area contributed by atoms with Gasteiger partial charge in [0.15, 0.2) is 0 Å². The largest absolute Gasteiger partial charge is 0.466 e. The van der Waals surface area contributed by atoms with E-state index < -0.39 is 12.1 Å². The zero-order valence-corrected chi connectivity index (χ0v) is 53.4. The van der Waals surface area contributed by atoms with Crippen molar-refractivity contribution in [1.82, 2.24) is 5.32 Å². The smallest absolute Gasteiger partial charge is 0.305 e. The van der Waals surface area contributed by atoms with Crippen LogP contribution in [0.3, 0.4) is 0 Å². The van der Waals surface area contributed by atoms with Crippen LogP contribution in [0.4, 0.5) is 0 Å². The van der Waals surface area contributed by atoms with Gasteiger partial charge in [0.1, 0.15) is 0 Å². The molecule has 0 fully saturated rings. The van der Waals surface area contributed by atoms with Crippen molar-refractivity contribution in [2.45, 2.75) is 437 Å². The van der Waals surface area contributed by atoms with Gasteiger partial charge in [0.05, 0.1) is 25.4 Å². The van der Waals surface area contributed by atoms with Gasteiger partial charge >= 0.3 is 5.97 Å². The number of aliphatic hydroxyl groups is 2. The molecule has 0 spiro atoms. The molecule has 0 aromatic carbocycles. The molecule has 78 heavy (non-hydrogen) atoms. The summed E-state index contributed by atoms with van der Waals surface area (Å²) in [5.41, 5.74) is 0. The third-order valence-corrected chi connectivity index (χ3v) is 17.4. The van der Waals surface area contributed by atoms with E-state index in [9.17, 15) is 19.8 Å². The summed E-state index contributed by atoms with van der Waals surface area (Å²) in [7, 11) is 0. The summed E-state index contributed by atoms with van der Waals surface area (Å²) >= 11 is 0. The molecular weight excluding hydrogens is 959 g/mol. The average molecular weight is 1100 g/mol. The summed E-state index contributed by atoms with van der Waals surface area (Å²) in [6.07, 6.45) is 83.1. The van der Waals surface area contributed by atoms with Gasteiger partial charge in [-0.2, -0.15) is 0 Å². The highest BCUT2D eigenvalue weighted by atomic mass is 16.5. The third-order valence-electron chi connectivity index (χ3n) is 17.4. The number of aliphatic hydroxyl groups excluding tert-OH is 2. The Kier molecular flexibility index (Phi) is 67.4. The van der Waals surface area contributed by atoms with Gasteiger partial charge in [-0.05, 0) is 25.7 Å². The highest BCUT2D eigenvalue weighted by molar-refractivity contribution is 5.76. The summed E-state index contributed by atoms with van der Waals surface area (Å²) < 4.78 is 5.48. The van der Waals surface area contributed by atoms with E-state index in [2.05, 4.69) is 19.2 Å². The molecule has 2 atom stereocenters. The van der Waals surface area contributed by atoms with Crippen LogP contribution in [-0.4, -0.2) is 47.4 Å². The van der Waals surface area contributed by atoms with Gasteiger partial charge < -0.3 is 20.3 Å². The summed E-state index contributed by atoms with van der Waals surface area (Å²) in [6.45, 7) is 5.00. The standard InChI is InChI=1S/C72H143NO5/c1-3-5-7-9-11-13-15-16-17-18-19-20-29-32-35-38-41-45-48-52-56-60-64-70(75)69(68-74)73-71(76)65-61-57-53-49-46-42-39-36-33-30-27-25-23-21-22-24-26-28-31-34-37-40-43-47-51-55-59-63-67-78-72(77)66-62-58-54-50-44-14-12-10-8-6-4-2/h69-70,74-75H,3-68H2,1-2H3,(H,73,76). The molecule has 0 aromatic heterocycles. The molecule has 0 bridgehead atoms. The molecule has 0 aliphatic heterocycles. The number of rotatable bonds is 69. The monoisotopic (exact) mass is 1100 g/mol. The average Bonchev–Trinajstić information content (AvgIpc) is 3.44. The fourth-order valence-corrected chi connectivity index (χ4v) is 11.9. The lowest BCUT2D eigenvalue weighted by Crippen LogP contribution is -2.45. The lowest BCUT2D eigenvalue weighted by atomic mass is 10.0. The zero-order chi connectivity index (χ0) is 56.4. The number of carbonyl (C=O) groups is 2. The molecule has 0 aliphatic rings. The second-order valence-electron chi connectivity index (χ2n) is 25.3. The number of hydrogen-bond donors (Lipinski definition) is 3. The van der Waals surface area contributed by atoms with Gasteiger partial charge in [-0.1, -0.05) is 386 Å². The van der Waals surface area contributed by atoms with Crippen LogP contribution in [0.15, 0.2) is 0 Å². The van der Waals surface area contributed by atoms with Gasteiger partial charge in [-0.25, -0.2) is 0 Å². The van der Waals surface area contributed by atoms with Gasteiger partial charge in [0, 0.05) is 12.8 Å². The Morgan fingerprint density at radius 2 is 0.526 bits per heavy atom. The minimum Gasteiger partial charge on any atom is -0.466 e. The molecule has 0 heterocycles. The van der Waals surface area contributed by atoms with Crippen molar-refractivity contribution in [3.8, 4) is 0 Å². The number of amides is 1. The molecule has 2 unspecified atom stereocenters. The van der Waals surface area contributed by atoms with Crippen LogP contribution in [0.25, 0.3) is 0 Å². The van der Waals surface area contributed by atoms with E-state index >= 15 is 0 Å². The van der Waals surface area contributed by atoms with E-state index in [0.29, 0.717) is 25.9 Å². The lowest BCUT2D eigenvalue weighted by molar-refractivity contribution is -0.143. The van der Waals surface area contributed by atoms with Gasteiger partial charge in [-0.15, -0.1) is 0 Å². The maximum Gasteiger partial charge on any atom is 0.305 e. The maximum absolute atomic E-state index is 12.6. The van der Waals surface area contributed by atoms with Crippen molar-refractivity contribution in [1.29, 1.82) is 0 Å². The normalized spacial score (nSPS) is 12.4. The van der Waals surface area contributed by atoms with Crippen molar-refractivity contribution in [2.75, 3.05) is 13.2 Å². The van der Waals surface area contributed by atoms with E-state index in [4.69, 9.17) is 4.74 Å². The first-order valence-electron chi connectivity index (χ1n) is 36.3. The van der Waals surface area contributed by atoms with Gasteiger partial charge in [-0.3, -0.25) is 9.59 Å². The third kappa shape index (κ3) is 64.0. The molecule has 0 aromatic rings. The lowest BCUT2D eigenvalue weighted by Gasteiger charge is -2.22. The SMILES string of the molecule is CCCCCCCCCCCCCCCCCCCCCCCCC(O)C(CO)NC(=O)CCCCCCCCCCCCCCCCCCCCCCCCCCCCCCOC(=O)CCCCCCCCCCCCC. The number of unbranched alkanes of at least 4 members (excludes halogenated alkanes) is 58. The predicted octanol–water partition coefficient (Wildman–Crippen LogP) is 23.4. The number of hydrogen-bond acceptors (Lipinski definition) is 5. The summed E-state index contributed by atoms with van der Waals surface area (Å²) in [5.74, 6) is -0.00622. The number of carbonyl (C=O) groups excluding carboxylic acids is 2. The molecule has 0 aliphatic carbocycles. The second kappa shape index (κ2) is 68.4.